The topological polar surface area (TPSA) is 76.1 Å². The molecule has 1 aromatic carbocycles. The number of aliphatic carboxylic acids is 1. The molecule has 0 radical (unpaired) electrons. The van der Waals surface area contributed by atoms with Crippen LogP contribution in [0, 0.1) is 0 Å². The lowest BCUT2D eigenvalue weighted by atomic mass is 10.1. The number of carboxylic acids is 1. The highest BCUT2D eigenvalue weighted by Gasteiger charge is 2.29. The Morgan fingerprint density at radius 1 is 1.39 bits per heavy atom. The Hall–Kier alpha value is -1.73. The molecule has 1 aliphatic heterocycles. The Labute approximate surface area is 139 Å². The third-order valence-electron chi connectivity index (χ3n) is 3.54. The number of amides is 1. The van der Waals surface area contributed by atoms with Gasteiger partial charge in [0.15, 0.2) is 0 Å². The molecule has 7 heteroatoms. The minimum atomic E-state index is -0.882. The van der Waals surface area contributed by atoms with Crippen molar-refractivity contribution in [1.82, 2.24) is 4.90 Å². The fourth-order valence-electron chi connectivity index (χ4n) is 2.42. The molecule has 0 saturated carbocycles. The third-order valence-corrected chi connectivity index (χ3v) is 4.63. The molecule has 1 saturated heterocycles. The molecular formula is C16H21NO5S. The van der Waals surface area contributed by atoms with E-state index < -0.39 is 5.97 Å². The number of carbonyl (C=O) groups is 2. The van der Waals surface area contributed by atoms with Gasteiger partial charge in [-0.2, -0.15) is 11.8 Å². The van der Waals surface area contributed by atoms with Crippen molar-refractivity contribution in [3.8, 4) is 5.75 Å². The maximum Gasteiger partial charge on any atom is 0.305 e. The summed E-state index contributed by atoms with van der Waals surface area (Å²) in [6, 6.07) is 6.70. The molecule has 1 aromatic rings. The Morgan fingerprint density at radius 2 is 2.22 bits per heavy atom. The van der Waals surface area contributed by atoms with Gasteiger partial charge in [-0.15, -0.1) is 0 Å². The van der Waals surface area contributed by atoms with Crippen LogP contribution in [0.15, 0.2) is 24.3 Å². The molecule has 1 atom stereocenters. The van der Waals surface area contributed by atoms with Crippen LogP contribution in [0.25, 0.3) is 0 Å². The molecule has 1 N–H and O–H groups in total. The molecule has 1 amide bonds. The smallest absolute Gasteiger partial charge is 0.305 e. The molecule has 1 unspecified atom stereocenters. The van der Waals surface area contributed by atoms with Crippen LogP contribution in [0.2, 0.25) is 0 Å². The number of carboxylic acid groups (broad SMARTS) is 1. The first-order valence-corrected chi connectivity index (χ1v) is 8.59. The summed E-state index contributed by atoms with van der Waals surface area (Å²) in [6.45, 7) is 1.45. The molecule has 6 nitrogen and oxygen atoms in total. The Morgan fingerprint density at radius 3 is 2.96 bits per heavy atom. The number of hydrogen-bond acceptors (Lipinski definition) is 5. The summed E-state index contributed by atoms with van der Waals surface area (Å²) >= 11 is 1.68. The van der Waals surface area contributed by atoms with Gasteiger partial charge in [-0.3, -0.25) is 9.59 Å². The second-order valence-electron chi connectivity index (χ2n) is 5.19. The second kappa shape index (κ2) is 8.79. The lowest BCUT2D eigenvalue weighted by molar-refractivity contribution is -0.138. The summed E-state index contributed by atoms with van der Waals surface area (Å²) in [6.07, 6.45) is -0.0250. The van der Waals surface area contributed by atoms with Crippen molar-refractivity contribution < 1.29 is 24.2 Å². The van der Waals surface area contributed by atoms with E-state index in [4.69, 9.17) is 14.6 Å². The van der Waals surface area contributed by atoms with E-state index in [1.54, 1.807) is 48.0 Å². The molecular weight excluding hydrogens is 318 g/mol. The van der Waals surface area contributed by atoms with Gasteiger partial charge >= 0.3 is 5.97 Å². The number of benzene rings is 1. The van der Waals surface area contributed by atoms with Crippen LogP contribution in [-0.2, 0) is 9.53 Å². The lowest BCUT2D eigenvalue weighted by Gasteiger charge is -2.34. The fraction of sp³-hybridized carbons (Fsp3) is 0.500. The Balaban J connectivity index is 2.08. The van der Waals surface area contributed by atoms with Crippen LogP contribution in [0.3, 0.4) is 0 Å². The van der Waals surface area contributed by atoms with Gasteiger partial charge in [0.1, 0.15) is 12.4 Å². The third kappa shape index (κ3) is 5.14. The van der Waals surface area contributed by atoms with Crippen molar-refractivity contribution in [3.05, 3.63) is 29.8 Å². The zero-order chi connectivity index (χ0) is 16.7. The van der Waals surface area contributed by atoms with Gasteiger partial charge in [-0.25, -0.2) is 0 Å². The molecule has 2 rings (SSSR count). The van der Waals surface area contributed by atoms with Crippen LogP contribution < -0.4 is 4.74 Å². The van der Waals surface area contributed by atoms with E-state index in [2.05, 4.69) is 0 Å². The van der Waals surface area contributed by atoms with Gasteiger partial charge in [0.25, 0.3) is 5.91 Å². The van der Waals surface area contributed by atoms with E-state index in [1.807, 2.05) is 0 Å². The molecule has 1 heterocycles. The normalized spacial score (nSPS) is 17.8. The average molecular weight is 339 g/mol. The summed E-state index contributed by atoms with van der Waals surface area (Å²) < 4.78 is 10.5. The summed E-state index contributed by atoms with van der Waals surface area (Å²) in [5.41, 5.74) is 0.516. The zero-order valence-corrected chi connectivity index (χ0v) is 13.9. The van der Waals surface area contributed by atoms with Crippen LogP contribution in [-0.4, -0.2) is 66.3 Å². The van der Waals surface area contributed by atoms with Gasteiger partial charge in [-0.1, -0.05) is 6.07 Å². The quantitative estimate of drug-likeness (QED) is 0.763. The second-order valence-corrected chi connectivity index (χ2v) is 6.34. The number of hydrogen-bond donors (Lipinski definition) is 1. The standard InChI is InChI=1S/C16H21NO5S/c1-21-6-7-22-14-4-2-3-12(9-14)16(20)17-5-8-23-11-13(17)10-15(18)19/h2-4,9,13H,5-8,10-11H2,1H3,(H,18,19). The molecule has 0 aliphatic carbocycles. The fourth-order valence-corrected chi connectivity index (χ4v) is 3.48. The highest BCUT2D eigenvalue weighted by Crippen LogP contribution is 2.23. The SMILES string of the molecule is COCCOc1cccc(C(=O)N2CCSCC2CC(=O)O)c1. The van der Waals surface area contributed by atoms with E-state index in [0.717, 1.165) is 5.75 Å². The summed E-state index contributed by atoms with van der Waals surface area (Å²) in [5, 5.41) is 9.02. The van der Waals surface area contributed by atoms with E-state index in [-0.39, 0.29) is 18.4 Å². The predicted octanol–water partition coefficient (Wildman–Crippen LogP) is 1.74. The van der Waals surface area contributed by atoms with Crippen LogP contribution in [0.4, 0.5) is 0 Å². The maximum atomic E-state index is 12.7. The number of thioether (sulfide) groups is 1. The van der Waals surface area contributed by atoms with E-state index in [9.17, 15) is 9.59 Å². The lowest BCUT2D eigenvalue weighted by Crippen LogP contribution is -2.47. The van der Waals surface area contributed by atoms with Crippen molar-refractivity contribution in [2.45, 2.75) is 12.5 Å². The van der Waals surface area contributed by atoms with E-state index in [1.165, 1.54) is 0 Å². The molecule has 1 aliphatic rings. The Bertz CT molecular complexity index is 551. The maximum absolute atomic E-state index is 12.7. The number of rotatable bonds is 7. The first kappa shape index (κ1) is 17.6. The van der Waals surface area contributed by atoms with Crippen LogP contribution in [0.5, 0.6) is 5.75 Å². The first-order valence-electron chi connectivity index (χ1n) is 7.44. The molecule has 126 valence electrons. The van der Waals surface area contributed by atoms with Crippen molar-refractivity contribution in [2.24, 2.45) is 0 Å². The van der Waals surface area contributed by atoms with E-state index in [0.29, 0.717) is 36.8 Å². The van der Waals surface area contributed by atoms with Crippen LogP contribution >= 0.6 is 11.8 Å². The van der Waals surface area contributed by atoms with Gasteiger partial charge in [-0.05, 0) is 18.2 Å². The molecule has 1 fully saturated rings. The number of ether oxygens (including phenoxy) is 2. The van der Waals surface area contributed by atoms with Crippen LogP contribution in [0.1, 0.15) is 16.8 Å². The predicted molar refractivity (Wildman–Crippen MR) is 88.2 cm³/mol. The summed E-state index contributed by atoms with van der Waals surface area (Å²) in [5.74, 6) is 1.06. The Kier molecular flexibility index (Phi) is 6.73. The summed E-state index contributed by atoms with van der Waals surface area (Å²) in [7, 11) is 1.60. The molecule has 0 aromatic heterocycles. The number of methoxy groups -OCH3 is 1. The van der Waals surface area contributed by atoms with E-state index >= 15 is 0 Å². The highest BCUT2D eigenvalue weighted by atomic mass is 32.2. The molecule has 0 spiro atoms. The highest BCUT2D eigenvalue weighted by molar-refractivity contribution is 7.99. The van der Waals surface area contributed by atoms with Gasteiger partial charge in [0.05, 0.1) is 19.1 Å². The number of carbonyl (C=O) groups excluding carboxylic acids is 1. The first-order chi connectivity index (χ1) is 11.1. The van der Waals surface area contributed by atoms with Crippen molar-refractivity contribution in [3.63, 3.8) is 0 Å². The minimum absolute atomic E-state index is 0.0250. The molecule has 23 heavy (non-hydrogen) atoms. The van der Waals surface area contributed by atoms with Gasteiger partial charge in [0, 0.05) is 30.7 Å². The van der Waals surface area contributed by atoms with Gasteiger partial charge in [0.2, 0.25) is 0 Å². The molecule has 0 bridgehead atoms. The largest absolute Gasteiger partial charge is 0.491 e. The monoisotopic (exact) mass is 339 g/mol. The van der Waals surface area contributed by atoms with Crippen molar-refractivity contribution in [2.75, 3.05) is 38.4 Å². The summed E-state index contributed by atoms with van der Waals surface area (Å²) in [4.78, 5) is 25.4. The van der Waals surface area contributed by atoms with Gasteiger partial charge < -0.3 is 19.5 Å². The number of nitrogens with zero attached hydrogens (tertiary/aromatic N) is 1. The minimum Gasteiger partial charge on any atom is -0.491 e. The van der Waals surface area contributed by atoms with Crippen molar-refractivity contribution in [1.29, 1.82) is 0 Å². The average Bonchev–Trinajstić information content (AvgIpc) is 2.55. The van der Waals surface area contributed by atoms with Crippen molar-refractivity contribution >= 4 is 23.6 Å². The zero-order valence-electron chi connectivity index (χ0n) is 13.1.